The van der Waals surface area contributed by atoms with Crippen LogP contribution >= 0.6 is 0 Å². The summed E-state index contributed by atoms with van der Waals surface area (Å²) in [5, 5.41) is 3.67. The van der Waals surface area contributed by atoms with Crippen molar-refractivity contribution in [3.8, 4) is 0 Å². The number of hydrogen-bond acceptors (Lipinski definition) is 2. The minimum absolute atomic E-state index is 0.481. The van der Waals surface area contributed by atoms with Gasteiger partial charge in [0.2, 0.25) is 0 Å². The molecule has 1 aliphatic carbocycles. The van der Waals surface area contributed by atoms with Crippen LogP contribution in [0.2, 0.25) is 0 Å². The summed E-state index contributed by atoms with van der Waals surface area (Å²) in [7, 11) is 0. The fourth-order valence-corrected chi connectivity index (χ4v) is 3.22. The fourth-order valence-electron chi connectivity index (χ4n) is 3.22. The molecule has 1 unspecified atom stereocenters. The van der Waals surface area contributed by atoms with Gasteiger partial charge in [0, 0.05) is 12.6 Å². The monoisotopic (exact) mass is 254 g/mol. The summed E-state index contributed by atoms with van der Waals surface area (Å²) in [5.41, 5.74) is 6.43. The smallest absolute Gasteiger partial charge is 0.0218 e. The lowest BCUT2D eigenvalue weighted by Crippen LogP contribution is -2.45. The van der Waals surface area contributed by atoms with E-state index in [2.05, 4.69) is 39.9 Å². The maximum atomic E-state index is 5.95. The topological polar surface area (TPSA) is 38.0 Å². The van der Waals surface area contributed by atoms with Gasteiger partial charge in [-0.3, -0.25) is 0 Å². The van der Waals surface area contributed by atoms with Crippen molar-refractivity contribution in [2.45, 2.75) is 66.3 Å². The molecule has 0 aromatic heterocycles. The van der Waals surface area contributed by atoms with Gasteiger partial charge in [-0.15, -0.1) is 0 Å². The van der Waals surface area contributed by atoms with E-state index < -0.39 is 0 Å². The van der Waals surface area contributed by atoms with Crippen molar-refractivity contribution in [2.75, 3.05) is 13.1 Å². The van der Waals surface area contributed by atoms with E-state index in [9.17, 15) is 0 Å². The molecule has 0 heterocycles. The number of nitrogens with one attached hydrogen (secondary N) is 1. The van der Waals surface area contributed by atoms with Gasteiger partial charge in [0.25, 0.3) is 0 Å². The van der Waals surface area contributed by atoms with E-state index in [1.165, 1.54) is 25.7 Å². The van der Waals surface area contributed by atoms with Gasteiger partial charge in [-0.25, -0.2) is 0 Å². The van der Waals surface area contributed by atoms with Crippen molar-refractivity contribution in [1.82, 2.24) is 5.32 Å². The van der Waals surface area contributed by atoms with E-state index in [-0.39, 0.29) is 0 Å². The number of hydrogen-bond donors (Lipinski definition) is 2. The summed E-state index contributed by atoms with van der Waals surface area (Å²) in [6.07, 6.45) is 5.48. The van der Waals surface area contributed by atoms with Gasteiger partial charge in [0.15, 0.2) is 0 Å². The predicted octanol–water partition coefficient (Wildman–Crippen LogP) is 3.41. The summed E-state index contributed by atoms with van der Waals surface area (Å²) in [6, 6.07) is 0.535. The molecule has 18 heavy (non-hydrogen) atoms. The minimum Gasteiger partial charge on any atom is -0.329 e. The van der Waals surface area contributed by atoms with E-state index in [4.69, 9.17) is 5.73 Å². The van der Waals surface area contributed by atoms with Gasteiger partial charge in [0.05, 0.1) is 0 Å². The van der Waals surface area contributed by atoms with Crippen LogP contribution in [-0.4, -0.2) is 19.1 Å². The molecular formula is C16H34N2. The molecule has 2 heteroatoms. The number of nitrogens with two attached hydrogens (primary N) is 1. The van der Waals surface area contributed by atoms with Crippen LogP contribution in [0.4, 0.5) is 0 Å². The molecule has 0 aliphatic heterocycles. The molecule has 1 aliphatic rings. The Kier molecular flexibility index (Phi) is 6.13. The first-order valence-electron chi connectivity index (χ1n) is 7.78. The Morgan fingerprint density at radius 1 is 1.11 bits per heavy atom. The first-order valence-corrected chi connectivity index (χ1v) is 7.78. The molecule has 0 aromatic rings. The van der Waals surface area contributed by atoms with Gasteiger partial charge >= 0.3 is 0 Å². The lowest BCUT2D eigenvalue weighted by atomic mass is 9.68. The van der Waals surface area contributed by atoms with Crippen LogP contribution in [0.1, 0.15) is 60.3 Å². The summed E-state index contributed by atoms with van der Waals surface area (Å²) >= 11 is 0. The van der Waals surface area contributed by atoms with Crippen LogP contribution in [0.15, 0.2) is 0 Å². The Bertz CT molecular complexity index is 222. The molecule has 0 saturated heterocycles. The largest absolute Gasteiger partial charge is 0.329 e. The third-order valence-corrected chi connectivity index (χ3v) is 4.61. The molecule has 1 atom stereocenters. The van der Waals surface area contributed by atoms with Gasteiger partial charge in [0.1, 0.15) is 0 Å². The standard InChI is InChI=1S/C16H34N2/c1-12(2)11-18-15(10-17)13-6-8-14(9-7-13)16(3,4)5/h12-15,18H,6-11,17H2,1-5H3. The van der Waals surface area contributed by atoms with Crippen LogP contribution in [0.5, 0.6) is 0 Å². The first-order chi connectivity index (χ1) is 8.34. The second-order valence-corrected chi connectivity index (χ2v) is 7.62. The van der Waals surface area contributed by atoms with Crippen LogP contribution in [0, 0.1) is 23.2 Å². The minimum atomic E-state index is 0.481. The Labute approximate surface area is 114 Å². The van der Waals surface area contributed by atoms with Crippen LogP contribution in [0.3, 0.4) is 0 Å². The summed E-state index contributed by atoms with van der Waals surface area (Å²) < 4.78 is 0. The molecule has 2 nitrogen and oxygen atoms in total. The molecule has 1 saturated carbocycles. The van der Waals surface area contributed by atoms with Crippen molar-refractivity contribution in [3.63, 3.8) is 0 Å². The third-order valence-electron chi connectivity index (χ3n) is 4.61. The predicted molar refractivity (Wildman–Crippen MR) is 80.6 cm³/mol. The van der Waals surface area contributed by atoms with Crippen molar-refractivity contribution in [3.05, 3.63) is 0 Å². The highest BCUT2D eigenvalue weighted by Gasteiger charge is 2.32. The highest BCUT2D eigenvalue weighted by atomic mass is 14.9. The van der Waals surface area contributed by atoms with Crippen LogP contribution < -0.4 is 11.1 Å². The Morgan fingerprint density at radius 3 is 2.06 bits per heavy atom. The Morgan fingerprint density at radius 2 is 1.67 bits per heavy atom. The second-order valence-electron chi connectivity index (χ2n) is 7.62. The van der Waals surface area contributed by atoms with E-state index in [1.54, 1.807) is 0 Å². The molecule has 0 spiro atoms. The van der Waals surface area contributed by atoms with Gasteiger partial charge < -0.3 is 11.1 Å². The van der Waals surface area contributed by atoms with Crippen molar-refractivity contribution in [1.29, 1.82) is 0 Å². The van der Waals surface area contributed by atoms with Crippen molar-refractivity contribution in [2.24, 2.45) is 28.9 Å². The van der Waals surface area contributed by atoms with Crippen LogP contribution in [-0.2, 0) is 0 Å². The lowest BCUT2D eigenvalue weighted by molar-refractivity contribution is 0.133. The molecule has 1 fully saturated rings. The lowest BCUT2D eigenvalue weighted by Gasteiger charge is -2.39. The second kappa shape index (κ2) is 6.91. The zero-order valence-electron chi connectivity index (χ0n) is 13.1. The van der Waals surface area contributed by atoms with Crippen molar-refractivity contribution >= 4 is 0 Å². The zero-order chi connectivity index (χ0) is 13.8. The highest BCUT2D eigenvalue weighted by Crippen LogP contribution is 2.40. The molecule has 0 bridgehead atoms. The molecule has 0 amide bonds. The summed E-state index contributed by atoms with van der Waals surface area (Å²) in [4.78, 5) is 0. The summed E-state index contributed by atoms with van der Waals surface area (Å²) in [5.74, 6) is 2.41. The zero-order valence-corrected chi connectivity index (χ0v) is 13.1. The van der Waals surface area contributed by atoms with E-state index in [1.807, 2.05) is 0 Å². The molecule has 0 aromatic carbocycles. The normalized spacial score (nSPS) is 27.5. The van der Waals surface area contributed by atoms with Gasteiger partial charge in [-0.05, 0) is 55.4 Å². The molecule has 3 N–H and O–H groups in total. The average Bonchev–Trinajstić information content (AvgIpc) is 2.29. The summed E-state index contributed by atoms with van der Waals surface area (Å²) in [6.45, 7) is 13.6. The maximum Gasteiger partial charge on any atom is 0.0218 e. The molecule has 1 rings (SSSR count). The van der Waals surface area contributed by atoms with E-state index in [0.717, 1.165) is 24.9 Å². The molecule has 108 valence electrons. The van der Waals surface area contributed by atoms with Gasteiger partial charge in [-0.2, -0.15) is 0 Å². The first kappa shape index (κ1) is 16.0. The average molecular weight is 254 g/mol. The van der Waals surface area contributed by atoms with Crippen LogP contribution in [0.25, 0.3) is 0 Å². The molecule has 0 radical (unpaired) electrons. The highest BCUT2D eigenvalue weighted by molar-refractivity contribution is 4.86. The SMILES string of the molecule is CC(C)CNC(CN)C1CCC(C(C)(C)C)CC1. The van der Waals surface area contributed by atoms with Crippen molar-refractivity contribution < 1.29 is 0 Å². The number of rotatable bonds is 5. The quantitative estimate of drug-likeness (QED) is 0.789. The molecular weight excluding hydrogens is 220 g/mol. The fraction of sp³-hybridized carbons (Fsp3) is 1.00. The Balaban J connectivity index is 2.40. The maximum absolute atomic E-state index is 5.95. The van der Waals surface area contributed by atoms with E-state index in [0.29, 0.717) is 17.4 Å². The Hall–Kier alpha value is -0.0800. The van der Waals surface area contributed by atoms with E-state index >= 15 is 0 Å². The van der Waals surface area contributed by atoms with Gasteiger partial charge in [-0.1, -0.05) is 34.6 Å². The third kappa shape index (κ3) is 4.89.